The molecule has 0 unspecified atom stereocenters. The van der Waals surface area contributed by atoms with Crippen molar-refractivity contribution in [3.63, 3.8) is 0 Å². The van der Waals surface area contributed by atoms with Gasteiger partial charge in [0.05, 0.1) is 0 Å². The lowest BCUT2D eigenvalue weighted by Gasteiger charge is -2.17. The summed E-state index contributed by atoms with van der Waals surface area (Å²) in [5.41, 5.74) is 5.71. The number of hydrogen-bond acceptors (Lipinski definition) is 3. The van der Waals surface area contributed by atoms with E-state index in [4.69, 9.17) is 0 Å². The fourth-order valence-electron chi connectivity index (χ4n) is 1.54. The van der Waals surface area contributed by atoms with Gasteiger partial charge in [-0.25, -0.2) is 0 Å². The number of hydrogen-bond donors (Lipinski definition) is 2. The van der Waals surface area contributed by atoms with Crippen LogP contribution in [0, 0.1) is 0 Å². The average molecular weight is 224 g/mol. The highest BCUT2D eigenvalue weighted by molar-refractivity contribution is 5.27. The number of aromatic hydroxyl groups is 1. The van der Waals surface area contributed by atoms with E-state index in [-0.39, 0.29) is 0 Å². The standard InChI is InChI=1S/C12H19NO.CH5N/c1-3-13(4-2)9-8-11-6-5-7-12(14)10-11;1-2/h5-7,10,14H,3-4,8-9H2,1-2H3;2H2,1H3. The lowest BCUT2D eigenvalue weighted by molar-refractivity contribution is 0.308. The third kappa shape index (κ3) is 5.73. The van der Waals surface area contributed by atoms with Gasteiger partial charge in [-0.05, 0) is 44.3 Å². The van der Waals surface area contributed by atoms with Crippen molar-refractivity contribution in [1.82, 2.24) is 4.90 Å². The quantitative estimate of drug-likeness (QED) is 0.802. The van der Waals surface area contributed by atoms with Gasteiger partial charge in [-0.2, -0.15) is 0 Å². The molecule has 1 aromatic rings. The fourth-order valence-corrected chi connectivity index (χ4v) is 1.54. The first-order valence-corrected chi connectivity index (χ1v) is 5.84. The molecule has 0 bridgehead atoms. The van der Waals surface area contributed by atoms with Gasteiger partial charge in [0, 0.05) is 6.54 Å². The Labute approximate surface area is 98.9 Å². The van der Waals surface area contributed by atoms with E-state index in [1.54, 1.807) is 6.07 Å². The Bertz CT molecular complexity index is 272. The fraction of sp³-hybridized carbons (Fsp3) is 0.538. The molecule has 0 radical (unpaired) electrons. The van der Waals surface area contributed by atoms with Gasteiger partial charge in [-0.3, -0.25) is 0 Å². The summed E-state index contributed by atoms with van der Waals surface area (Å²) in [4.78, 5) is 2.38. The van der Waals surface area contributed by atoms with Crippen molar-refractivity contribution in [3.8, 4) is 5.75 Å². The molecule has 0 heterocycles. The molecule has 3 nitrogen and oxygen atoms in total. The van der Waals surface area contributed by atoms with Crippen molar-refractivity contribution in [2.24, 2.45) is 5.73 Å². The van der Waals surface area contributed by atoms with E-state index in [2.05, 4.69) is 30.5 Å². The van der Waals surface area contributed by atoms with Crippen LogP contribution in [0.3, 0.4) is 0 Å². The SMILES string of the molecule is CCN(CC)CCc1cccc(O)c1.CN. The monoisotopic (exact) mass is 224 g/mol. The number of nitrogens with zero attached hydrogens (tertiary/aromatic N) is 1. The van der Waals surface area contributed by atoms with E-state index in [0.717, 1.165) is 26.1 Å². The molecule has 16 heavy (non-hydrogen) atoms. The Morgan fingerprint density at radius 3 is 2.31 bits per heavy atom. The number of benzene rings is 1. The summed E-state index contributed by atoms with van der Waals surface area (Å²) in [5.74, 6) is 0.363. The molecule has 0 saturated carbocycles. The van der Waals surface area contributed by atoms with Crippen LogP contribution in [0.1, 0.15) is 19.4 Å². The Balaban J connectivity index is 0.00000106. The highest BCUT2D eigenvalue weighted by Gasteiger charge is 2.00. The largest absolute Gasteiger partial charge is 0.508 e. The maximum Gasteiger partial charge on any atom is 0.115 e. The summed E-state index contributed by atoms with van der Waals surface area (Å²) >= 11 is 0. The van der Waals surface area contributed by atoms with E-state index in [9.17, 15) is 5.11 Å². The van der Waals surface area contributed by atoms with Crippen LogP contribution in [0.2, 0.25) is 0 Å². The molecule has 0 saturated heterocycles. The van der Waals surface area contributed by atoms with Crippen molar-refractivity contribution < 1.29 is 5.11 Å². The lowest BCUT2D eigenvalue weighted by atomic mass is 10.1. The predicted octanol–water partition coefficient (Wildman–Crippen LogP) is 1.85. The smallest absolute Gasteiger partial charge is 0.115 e. The number of phenolic OH excluding ortho intramolecular Hbond substituents is 1. The Hall–Kier alpha value is -1.06. The highest BCUT2D eigenvalue weighted by atomic mass is 16.3. The van der Waals surface area contributed by atoms with Crippen molar-refractivity contribution in [2.75, 3.05) is 26.7 Å². The van der Waals surface area contributed by atoms with Crippen LogP contribution in [-0.4, -0.2) is 36.7 Å². The predicted molar refractivity (Wildman–Crippen MR) is 69.7 cm³/mol. The van der Waals surface area contributed by atoms with Gasteiger partial charge in [0.15, 0.2) is 0 Å². The zero-order valence-corrected chi connectivity index (χ0v) is 10.6. The van der Waals surface area contributed by atoms with Crippen molar-refractivity contribution in [2.45, 2.75) is 20.3 Å². The van der Waals surface area contributed by atoms with Gasteiger partial charge >= 0.3 is 0 Å². The summed E-state index contributed by atoms with van der Waals surface area (Å²) in [6, 6.07) is 7.50. The Morgan fingerprint density at radius 1 is 1.19 bits per heavy atom. The molecule has 1 rings (SSSR count). The molecule has 0 atom stereocenters. The first-order valence-electron chi connectivity index (χ1n) is 5.84. The number of nitrogens with two attached hydrogens (primary N) is 1. The molecule has 0 spiro atoms. The Morgan fingerprint density at radius 2 is 1.81 bits per heavy atom. The highest BCUT2D eigenvalue weighted by Crippen LogP contribution is 2.11. The second-order valence-electron chi connectivity index (χ2n) is 3.45. The summed E-state index contributed by atoms with van der Waals surface area (Å²) in [6.45, 7) is 7.60. The zero-order chi connectivity index (χ0) is 12.4. The van der Waals surface area contributed by atoms with E-state index < -0.39 is 0 Å². The molecule has 0 aliphatic rings. The van der Waals surface area contributed by atoms with Gasteiger partial charge in [0.25, 0.3) is 0 Å². The molecule has 0 amide bonds. The van der Waals surface area contributed by atoms with Gasteiger partial charge in [0.2, 0.25) is 0 Å². The molecule has 1 aromatic carbocycles. The number of rotatable bonds is 5. The maximum absolute atomic E-state index is 9.28. The summed E-state index contributed by atoms with van der Waals surface area (Å²) in [6.07, 6.45) is 1.01. The Kier molecular flexibility index (Phi) is 8.58. The summed E-state index contributed by atoms with van der Waals surface area (Å²) in [5, 5.41) is 9.28. The lowest BCUT2D eigenvalue weighted by Crippen LogP contribution is -2.25. The molecule has 0 aliphatic carbocycles. The second-order valence-corrected chi connectivity index (χ2v) is 3.45. The van der Waals surface area contributed by atoms with E-state index in [1.807, 2.05) is 12.1 Å². The van der Waals surface area contributed by atoms with Crippen LogP contribution < -0.4 is 5.73 Å². The zero-order valence-electron chi connectivity index (χ0n) is 10.6. The van der Waals surface area contributed by atoms with Crippen molar-refractivity contribution in [1.29, 1.82) is 0 Å². The minimum absolute atomic E-state index is 0.363. The van der Waals surface area contributed by atoms with Crippen LogP contribution in [-0.2, 0) is 6.42 Å². The van der Waals surface area contributed by atoms with E-state index in [1.165, 1.54) is 12.6 Å². The van der Waals surface area contributed by atoms with E-state index in [0.29, 0.717) is 5.75 Å². The molecule has 0 fully saturated rings. The molecule has 3 N–H and O–H groups in total. The minimum atomic E-state index is 0.363. The van der Waals surface area contributed by atoms with Gasteiger partial charge < -0.3 is 15.7 Å². The average Bonchev–Trinajstić information content (AvgIpc) is 2.33. The van der Waals surface area contributed by atoms with Crippen molar-refractivity contribution in [3.05, 3.63) is 29.8 Å². The van der Waals surface area contributed by atoms with Crippen LogP contribution in [0.15, 0.2) is 24.3 Å². The van der Waals surface area contributed by atoms with E-state index >= 15 is 0 Å². The summed E-state index contributed by atoms with van der Waals surface area (Å²) < 4.78 is 0. The maximum atomic E-state index is 9.28. The molecular formula is C13H24N2O. The molecule has 92 valence electrons. The first-order chi connectivity index (χ1) is 7.76. The second kappa shape index (κ2) is 9.19. The number of likely N-dealkylation sites (N-methyl/N-ethyl adjacent to an activating group) is 1. The third-order valence-corrected chi connectivity index (χ3v) is 2.52. The third-order valence-electron chi connectivity index (χ3n) is 2.52. The topological polar surface area (TPSA) is 49.5 Å². The minimum Gasteiger partial charge on any atom is -0.508 e. The van der Waals surface area contributed by atoms with Crippen LogP contribution in [0.25, 0.3) is 0 Å². The first kappa shape index (κ1) is 14.9. The van der Waals surface area contributed by atoms with Crippen LogP contribution in [0.4, 0.5) is 0 Å². The van der Waals surface area contributed by atoms with Crippen LogP contribution in [0.5, 0.6) is 5.75 Å². The number of phenols is 1. The van der Waals surface area contributed by atoms with Gasteiger partial charge in [0.1, 0.15) is 5.75 Å². The molecule has 0 aromatic heterocycles. The van der Waals surface area contributed by atoms with Gasteiger partial charge in [-0.1, -0.05) is 26.0 Å². The van der Waals surface area contributed by atoms with Gasteiger partial charge in [-0.15, -0.1) is 0 Å². The molecule has 3 heteroatoms. The normalized spacial score (nSPS) is 9.81. The van der Waals surface area contributed by atoms with Crippen molar-refractivity contribution >= 4 is 0 Å². The molecule has 0 aliphatic heterocycles. The summed E-state index contributed by atoms with van der Waals surface area (Å²) in [7, 11) is 1.50. The van der Waals surface area contributed by atoms with Crippen LogP contribution >= 0.6 is 0 Å². The molecular weight excluding hydrogens is 200 g/mol.